The highest BCUT2D eigenvalue weighted by atomic mass is 16.5. The summed E-state index contributed by atoms with van der Waals surface area (Å²) in [6, 6.07) is -0.727. The van der Waals surface area contributed by atoms with Crippen molar-refractivity contribution < 1.29 is 24.5 Å². The van der Waals surface area contributed by atoms with Crippen LogP contribution in [0.1, 0.15) is 271 Å². The SMILES string of the molecule is CC\C=C/C=C/C=C/C=C\C=C\C=C\CCCC(CC(=O)NC(CO)C(O)CCCCCCCCCCCCCCC)OC(=O)CCCCCCCCCCCCCCCCCCCCC. The van der Waals surface area contributed by atoms with Crippen LogP contribution in [0, 0.1) is 0 Å². The van der Waals surface area contributed by atoms with Crippen molar-refractivity contribution >= 4 is 11.9 Å². The summed E-state index contributed by atoms with van der Waals surface area (Å²) in [6.07, 6.45) is 68.3. The number of nitrogens with one attached hydrogen (secondary N) is 1. The summed E-state index contributed by atoms with van der Waals surface area (Å²) in [4.78, 5) is 26.2. The summed E-state index contributed by atoms with van der Waals surface area (Å²) in [7, 11) is 0. The number of hydrogen-bond acceptors (Lipinski definition) is 5. The lowest BCUT2D eigenvalue weighted by molar-refractivity contribution is -0.151. The van der Waals surface area contributed by atoms with Crippen LogP contribution in [0.15, 0.2) is 72.9 Å². The number of hydrogen-bond donors (Lipinski definition) is 3. The van der Waals surface area contributed by atoms with Crippen LogP contribution in [0.5, 0.6) is 0 Å². The Balaban J connectivity index is 4.63. The summed E-state index contributed by atoms with van der Waals surface area (Å²) < 4.78 is 5.92. The molecule has 0 aromatic heterocycles. The van der Waals surface area contributed by atoms with Gasteiger partial charge in [-0.2, -0.15) is 0 Å². The predicted octanol–water partition coefficient (Wildman–Crippen LogP) is 17.3. The Morgan fingerprint density at radius 1 is 0.455 bits per heavy atom. The zero-order valence-electron chi connectivity index (χ0n) is 43.6. The molecule has 0 fully saturated rings. The van der Waals surface area contributed by atoms with E-state index in [1.54, 1.807) is 0 Å². The van der Waals surface area contributed by atoms with Gasteiger partial charge in [-0.3, -0.25) is 9.59 Å². The van der Waals surface area contributed by atoms with Crippen LogP contribution in [0.4, 0.5) is 0 Å². The van der Waals surface area contributed by atoms with Crippen molar-refractivity contribution in [2.24, 2.45) is 0 Å². The summed E-state index contributed by atoms with van der Waals surface area (Å²) >= 11 is 0. The summed E-state index contributed by atoms with van der Waals surface area (Å²) in [5, 5.41) is 23.8. The fourth-order valence-electron chi connectivity index (χ4n) is 8.47. The monoisotopic (exact) mass is 922 g/mol. The number of aliphatic hydroxyl groups is 2. The van der Waals surface area contributed by atoms with Crippen LogP contribution in [0.3, 0.4) is 0 Å². The Morgan fingerprint density at radius 3 is 1.21 bits per heavy atom. The maximum absolute atomic E-state index is 13.2. The van der Waals surface area contributed by atoms with E-state index in [9.17, 15) is 19.8 Å². The summed E-state index contributed by atoms with van der Waals surface area (Å²) in [6.45, 7) is 6.34. The Bertz CT molecular complexity index is 1220. The van der Waals surface area contributed by atoms with Gasteiger partial charge >= 0.3 is 5.97 Å². The maximum atomic E-state index is 13.2. The molecule has 66 heavy (non-hydrogen) atoms. The Kier molecular flexibility index (Phi) is 51.1. The van der Waals surface area contributed by atoms with Gasteiger partial charge in [-0.15, -0.1) is 0 Å². The van der Waals surface area contributed by atoms with E-state index in [0.29, 0.717) is 19.3 Å². The molecule has 3 atom stereocenters. The van der Waals surface area contributed by atoms with Crippen molar-refractivity contribution in [1.82, 2.24) is 5.32 Å². The Morgan fingerprint density at radius 2 is 0.818 bits per heavy atom. The van der Waals surface area contributed by atoms with Gasteiger partial charge in [0.25, 0.3) is 0 Å². The smallest absolute Gasteiger partial charge is 0.306 e. The molecule has 0 radical (unpaired) electrons. The minimum atomic E-state index is -0.809. The first-order valence-corrected chi connectivity index (χ1v) is 28.2. The van der Waals surface area contributed by atoms with Crippen molar-refractivity contribution in [3.8, 4) is 0 Å². The van der Waals surface area contributed by atoms with Gasteiger partial charge in [-0.1, -0.05) is 293 Å². The third kappa shape index (κ3) is 47.8. The van der Waals surface area contributed by atoms with Gasteiger partial charge in [0.2, 0.25) is 5.91 Å². The van der Waals surface area contributed by atoms with Crippen molar-refractivity contribution in [2.75, 3.05) is 6.61 Å². The molecule has 0 saturated carbocycles. The molecule has 0 aromatic carbocycles. The largest absolute Gasteiger partial charge is 0.462 e. The van der Waals surface area contributed by atoms with Crippen LogP contribution in [-0.2, 0) is 14.3 Å². The quantitative estimate of drug-likeness (QED) is 0.0321. The summed E-state index contributed by atoms with van der Waals surface area (Å²) in [5.74, 6) is -0.542. The van der Waals surface area contributed by atoms with Crippen LogP contribution in [0.2, 0.25) is 0 Å². The number of unbranched alkanes of at least 4 members (excludes halogenated alkanes) is 31. The van der Waals surface area contributed by atoms with Gasteiger partial charge in [0.1, 0.15) is 6.10 Å². The molecule has 0 bridgehead atoms. The van der Waals surface area contributed by atoms with Crippen LogP contribution < -0.4 is 5.32 Å². The van der Waals surface area contributed by atoms with Gasteiger partial charge in [0.15, 0.2) is 0 Å². The topological polar surface area (TPSA) is 95.9 Å². The average Bonchev–Trinajstić information content (AvgIpc) is 3.31. The predicted molar refractivity (Wildman–Crippen MR) is 287 cm³/mol. The molecule has 382 valence electrons. The third-order valence-corrected chi connectivity index (χ3v) is 12.7. The van der Waals surface area contributed by atoms with E-state index in [4.69, 9.17) is 4.74 Å². The molecule has 3 N–H and O–H groups in total. The van der Waals surface area contributed by atoms with Crippen molar-refractivity contribution in [3.05, 3.63) is 72.9 Å². The second-order valence-electron chi connectivity index (χ2n) is 19.1. The number of amides is 1. The first kappa shape index (κ1) is 63.3. The molecule has 0 aliphatic heterocycles. The molecule has 0 aliphatic carbocycles. The van der Waals surface area contributed by atoms with Crippen molar-refractivity contribution in [3.63, 3.8) is 0 Å². The summed E-state index contributed by atoms with van der Waals surface area (Å²) in [5.41, 5.74) is 0. The second kappa shape index (κ2) is 53.3. The third-order valence-electron chi connectivity index (χ3n) is 12.7. The highest BCUT2D eigenvalue weighted by molar-refractivity contribution is 5.77. The van der Waals surface area contributed by atoms with Gasteiger partial charge < -0.3 is 20.3 Å². The fourth-order valence-corrected chi connectivity index (χ4v) is 8.47. The van der Waals surface area contributed by atoms with E-state index >= 15 is 0 Å². The van der Waals surface area contributed by atoms with Crippen molar-refractivity contribution in [2.45, 2.75) is 289 Å². The number of allylic oxidation sites excluding steroid dienone is 12. The normalized spacial score (nSPS) is 13.7. The van der Waals surface area contributed by atoms with E-state index in [1.807, 2.05) is 60.8 Å². The first-order chi connectivity index (χ1) is 32.5. The molecule has 0 spiro atoms. The van der Waals surface area contributed by atoms with Crippen LogP contribution in [-0.4, -0.2) is 46.9 Å². The highest BCUT2D eigenvalue weighted by Gasteiger charge is 2.24. The minimum absolute atomic E-state index is 0.0267. The first-order valence-electron chi connectivity index (χ1n) is 28.2. The zero-order valence-corrected chi connectivity index (χ0v) is 43.6. The van der Waals surface area contributed by atoms with Gasteiger partial charge in [0, 0.05) is 6.42 Å². The minimum Gasteiger partial charge on any atom is -0.462 e. The van der Waals surface area contributed by atoms with Gasteiger partial charge in [-0.05, 0) is 38.5 Å². The lowest BCUT2D eigenvalue weighted by atomic mass is 10.0. The molecule has 0 aliphatic rings. The van der Waals surface area contributed by atoms with Crippen LogP contribution in [0.25, 0.3) is 0 Å². The van der Waals surface area contributed by atoms with E-state index in [-0.39, 0.29) is 24.9 Å². The fraction of sp³-hybridized carbons (Fsp3) is 0.767. The molecule has 0 rings (SSSR count). The highest BCUT2D eigenvalue weighted by Crippen LogP contribution is 2.18. The molecular formula is C60H107NO5. The molecule has 0 heterocycles. The molecule has 0 saturated heterocycles. The number of esters is 1. The number of aliphatic hydroxyl groups excluding tert-OH is 2. The van der Waals surface area contributed by atoms with Gasteiger partial charge in [0.05, 0.1) is 25.2 Å². The molecular weight excluding hydrogens is 815 g/mol. The molecule has 3 unspecified atom stereocenters. The Labute approximate surface area is 409 Å². The van der Waals surface area contributed by atoms with Gasteiger partial charge in [-0.25, -0.2) is 0 Å². The van der Waals surface area contributed by atoms with E-state index in [2.05, 4.69) is 38.2 Å². The lowest BCUT2D eigenvalue weighted by Crippen LogP contribution is -2.46. The number of rotatable bonds is 50. The lowest BCUT2D eigenvalue weighted by Gasteiger charge is -2.24. The number of ether oxygens (including phenoxy) is 1. The van der Waals surface area contributed by atoms with Crippen molar-refractivity contribution in [1.29, 1.82) is 0 Å². The van der Waals surface area contributed by atoms with E-state index in [1.165, 1.54) is 167 Å². The molecule has 0 aromatic rings. The van der Waals surface area contributed by atoms with Crippen LogP contribution >= 0.6 is 0 Å². The molecule has 6 nitrogen and oxygen atoms in total. The molecule has 6 heteroatoms. The Hall–Kier alpha value is -2.70. The average molecular weight is 923 g/mol. The number of carbonyl (C=O) groups is 2. The maximum Gasteiger partial charge on any atom is 0.306 e. The molecule has 1 amide bonds. The zero-order chi connectivity index (χ0) is 48.1. The number of carbonyl (C=O) groups excluding carboxylic acids is 2. The van der Waals surface area contributed by atoms with E-state index in [0.717, 1.165) is 57.8 Å². The standard InChI is InChI=1S/C60H107NO5/c1-4-7-10-13-16-19-22-25-27-28-29-30-32-35-38-41-44-47-50-53-60(65)66-56(51-48-45-42-39-36-34-31-26-23-20-17-14-11-8-5-2)54-59(64)61-57(55-62)58(63)52-49-46-43-40-37-33-24-21-18-15-12-9-6-3/h8,11,14,17,20,23,26,31,34,36,39,42,56-58,62-63H,4-7,9-10,12-13,15-16,18-19,21-22,24-25,27-30,32-33,35,37-38,40-41,43-55H2,1-3H3,(H,61,64)/b11-8-,17-14+,23-20+,31-26-,36-34+,42-39+. The second-order valence-corrected chi connectivity index (χ2v) is 19.1. The van der Waals surface area contributed by atoms with E-state index < -0.39 is 18.2 Å².